The van der Waals surface area contributed by atoms with E-state index in [-0.39, 0.29) is 0 Å². The summed E-state index contributed by atoms with van der Waals surface area (Å²) >= 11 is 1.86. The minimum Gasteiger partial charge on any atom is -0.309 e. The molecule has 3 aromatic heterocycles. The average Bonchev–Trinajstić information content (AvgIpc) is 3.90. The molecule has 0 aliphatic heterocycles. The summed E-state index contributed by atoms with van der Waals surface area (Å²) in [6, 6.07) is 77.5. The molecule has 9 aromatic carbocycles. The summed E-state index contributed by atoms with van der Waals surface area (Å²) in [7, 11) is 0. The van der Waals surface area contributed by atoms with Gasteiger partial charge in [0.1, 0.15) is 0 Å². The van der Waals surface area contributed by atoms with Gasteiger partial charge in [0, 0.05) is 53.3 Å². The summed E-state index contributed by atoms with van der Waals surface area (Å²) in [6.07, 6.45) is 0. The Labute approximate surface area is 362 Å². The van der Waals surface area contributed by atoms with Gasteiger partial charge in [-0.25, -0.2) is 15.0 Å². The van der Waals surface area contributed by atoms with E-state index in [2.05, 4.69) is 211 Å². The molecule has 12 aromatic rings. The number of hydrogen-bond acceptors (Lipinski definition) is 4. The number of rotatable bonds is 7. The van der Waals surface area contributed by atoms with Crippen molar-refractivity contribution in [1.29, 1.82) is 0 Å². The lowest BCUT2D eigenvalue weighted by Gasteiger charge is -2.12. The Kier molecular flexibility index (Phi) is 8.65. The zero-order valence-corrected chi connectivity index (χ0v) is 34.3. The van der Waals surface area contributed by atoms with E-state index < -0.39 is 0 Å². The number of nitrogens with zero attached hydrogens (tertiary/aromatic N) is 4. The van der Waals surface area contributed by atoms with Crippen LogP contribution in [0.4, 0.5) is 0 Å². The molecule has 0 unspecified atom stereocenters. The lowest BCUT2D eigenvalue weighted by atomic mass is 9.98. The molecule has 12 rings (SSSR count). The van der Waals surface area contributed by atoms with Gasteiger partial charge in [-0.1, -0.05) is 158 Å². The zero-order chi connectivity index (χ0) is 41.0. The molecule has 0 N–H and O–H groups in total. The van der Waals surface area contributed by atoms with E-state index in [0.29, 0.717) is 17.5 Å². The van der Waals surface area contributed by atoms with E-state index >= 15 is 0 Å². The van der Waals surface area contributed by atoms with E-state index in [9.17, 15) is 0 Å². The van der Waals surface area contributed by atoms with Gasteiger partial charge in [0.25, 0.3) is 0 Å². The van der Waals surface area contributed by atoms with E-state index in [0.717, 1.165) is 55.7 Å². The van der Waals surface area contributed by atoms with Crippen LogP contribution in [-0.2, 0) is 0 Å². The highest BCUT2D eigenvalue weighted by Gasteiger charge is 2.18. The van der Waals surface area contributed by atoms with Crippen molar-refractivity contribution in [2.45, 2.75) is 0 Å². The first-order valence-electron chi connectivity index (χ1n) is 20.8. The highest BCUT2D eigenvalue weighted by Crippen LogP contribution is 2.42. The lowest BCUT2D eigenvalue weighted by Crippen LogP contribution is -2.01. The molecule has 0 radical (unpaired) electrons. The Bertz CT molecular complexity index is 3520. The van der Waals surface area contributed by atoms with Crippen LogP contribution < -0.4 is 0 Å². The number of aromatic nitrogens is 4. The Morgan fingerprint density at radius 1 is 0.306 bits per heavy atom. The van der Waals surface area contributed by atoms with Crippen LogP contribution in [0.2, 0.25) is 0 Å². The van der Waals surface area contributed by atoms with Crippen molar-refractivity contribution < 1.29 is 0 Å². The number of para-hydroxylation sites is 1. The first-order chi connectivity index (χ1) is 30.7. The summed E-state index contributed by atoms with van der Waals surface area (Å²) in [6.45, 7) is 0. The second-order valence-corrected chi connectivity index (χ2v) is 16.7. The molecular weight excluding hydrogens is 773 g/mol. The molecule has 5 heteroatoms. The van der Waals surface area contributed by atoms with Gasteiger partial charge in [-0.2, -0.15) is 0 Å². The second kappa shape index (κ2) is 14.9. The van der Waals surface area contributed by atoms with Gasteiger partial charge >= 0.3 is 0 Å². The maximum absolute atomic E-state index is 5.17. The van der Waals surface area contributed by atoms with Crippen LogP contribution in [0.3, 0.4) is 0 Å². The molecule has 4 nitrogen and oxygen atoms in total. The molecule has 0 aliphatic rings. The maximum atomic E-state index is 5.17. The fourth-order valence-corrected chi connectivity index (χ4v) is 10.0. The summed E-state index contributed by atoms with van der Waals surface area (Å²) in [5, 5.41) is 5.06. The molecule has 0 amide bonds. The summed E-state index contributed by atoms with van der Waals surface area (Å²) in [4.78, 5) is 15.5. The van der Waals surface area contributed by atoms with Crippen molar-refractivity contribution >= 4 is 53.3 Å². The van der Waals surface area contributed by atoms with Gasteiger partial charge in [-0.3, -0.25) is 0 Å². The van der Waals surface area contributed by atoms with Crippen LogP contribution in [-0.4, -0.2) is 19.5 Å². The van der Waals surface area contributed by atoms with Crippen molar-refractivity contribution in [1.82, 2.24) is 19.5 Å². The van der Waals surface area contributed by atoms with E-state index in [1.165, 1.54) is 42.1 Å². The largest absolute Gasteiger partial charge is 0.309 e. The molecule has 3 heterocycles. The first kappa shape index (κ1) is 35.9. The maximum Gasteiger partial charge on any atom is 0.164 e. The Morgan fingerprint density at radius 3 is 1.48 bits per heavy atom. The summed E-state index contributed by atoms with van der Waals surface area (Å²) < 4.78 is 5.00. The third-order valence-electron chi connectivity index (χ3n) is 11.9. The summed E-state index contributed by atoms with van der Waals surface area (Å²) in [5.74, 6) is 1.87. The third kappa shape index (κ3) is 6.26. The number of fused-ring (bicyclic) bond motifs is 6. The molecule has 0 atom stereocenters. The molecule has 0 aliphatic carbocycles. The van der Waals surface area contributed by atoms with Gasteiger partial charge in [-0.05, 0) is 94.0 Å². The molecule has 0 saturated heterocycles. The Hall–Kier alpha value is -7.99. The van der Waals surface area contributed by atoms with E-state index in [4.69, 9.17) is 15.0 Å². The molecule has 62 heavy (non-hydrogen) atoms. The predicted molar refractivity (Wildman–Crippen MR) is 260 cm³/mol. The molecule has 0 spiro atoms. The Morgan fingerprint density at radius 2 is 0.806 bits per heavy atom. The van der Waals surface area contributed by atoms with Gasteiger partial charge < -0.3 is 4.57 Å². The standard InChI is InChI=1S/C57H36N4S/c1-3-14-37(15-4-1)40-18-11-20-43(34-40)56-58-55(59-57(60-56)44-21-12-19-41(35-44)38-16-5-2-6-17-38)39-28-31-45(32-29-39)61-50-25-9-7-22-47(50)48-33-30-42(36-51(48)61)46-24-13-27-53-54(46)49-23-8-10-26-52(49)62-53/h1-36H. The highest BCUT2D eigenvalue weighted by molar-refractivity contribution is 7.25. The molecule has 0 saturated carbocycles. The van der Waals surface area contributed by atoms with Crippen LogP contribution in [0.1, 0.15) is 0 Å². The van der Waals surface area contributed by atoms with E-state index in [1.807, 2.05) is 23.5 Å². The third-order valence-corrected chi connectivity index (χ3v) is 13.0. The van der Waals surface area contributed by atoms with Crippen molar-refractivity contribution in [3.63, 3.8) is 0 Å². The smallest absolute Gasteiger partial charge is 0.164 e. The Balaban J connectivity index is 0.991. The SMILES string of the molecule is c1ccc(-c2cccc(-c3nc(-c4ccc(-n5c6ccccc6c6ccc(-c7cccc8sc9ccccc9c78)cc65)cc4)nc(-c4cccc(-c5ccccc5)c4)n3)c2)cc1. The highest BCUT2D eigenvalue weighted by atomic mass is 32.1. The predicted octanol–water partition coefficient (Wildman–Crippen LogP) is 15.3. The zero-order valence-electron chi connectivity index (χ0n) is 33.5. The first-order valence-corrected chi connectivity index (χ1v) is 21.7. The van der Waals surface area contributed by atoms with Gasteiger partial charge in [0.05, 0.1) is 11.0 Å². The van der Waals surface area contributed by atoms with Crippen LogP contribution in [0, 0.1) is 0 Å². The molecule has 290 valence electrons. The number of thiophene rings is 1. The molecular formula is C57H36N4S. The quantitative estimate of drug-likeness (QED) is 0.161. The number of hydrogen-bond donors (Lipinski definition) is 0. The van der Waals surface area contributed by atoms with Gasteiger partial charge in [0.15, 0.2) is 17.5 Å². The lowest BCUT2D eigenvalue weighted by molar-refractivity contribution is 1.07. The van der Waals surface area contributed by atoms with Crippen molar-refractivity contribution in [3.05, 3.63) is 218 Å². The van der Waals surface area contributed by atoms with Crippen molar-refractivity contribution in [2.24, 2.45) is 0 Å². The van der Waals surface area contributed by atoms with Crippen molar-refractivity contribution in [3.8, 4) is 73.2 Å². The monoisotopic (exact) mass is 808 g/mol. The number of benzene rings is 9. The van der Waals surface area contributed by atoms with Gasteiger partial charge in [0.2, 0.25) is 0 Å². The van der Waals surface area contributed by atoms with Crippen LogP contribution in [0.25, 0.3) is 115 Å². The normalized spacial score (nSPS) is 11.5. The fraction of sp³-hybridized carbons (Fsp3) is 0. The molecule has 0 fully saturated rings. The van der Waals surface area contributed by atoms with Crippen LogP contribution in [0.5, 0.6) is 0 Å². The van der Waals surface area contributed by atoms with Gasteiger partial charge in [-0.15, -0.1) is 11.3 Å². The fourth-order valence-electron chi connectivity index (χ4n) is 8.89. The van der Waals surface area contributed by atoms with Crippen LogP contribution >= 0.6 is 11.3 Å². The van der Waals surface area contributed by atoms with E-state index in [1.54, 1.807) is 0 Å². The molecule has 0 bridgehead atoms. The topological polar surface area (TPSA) is 43.6 Å². The minimum atomic E-state index is 0.618. The average molecular weight is 809 g/mol. The summed E-state index contributed by atoms with van der Waals surface area (Å²) in [5.41, 5.74) is 13.1. The second-order valence-electron chi connectivity index (χ2n) is 15.6. The minimum absolute atomic E-state index is 0.618. The van der Waals surface area contributed by atoms with Crippen LogP contribution in [0.15, 0.2) is 218 Å². The van der Waals surface area contributed by atoms with Crippen molar-refractivity contribution in [2.75, 3.05) is 0 Å².